The van der Waals surface area contributed by atoms with E-state index in [0.717, 1.165) is 11.6 Å². The zero-order valence-electron chi connectivity index (χ0n) is 13.8. The molecule has 1 aromatic heterocycles. The Balaban J connectivity index is 2.11. The van der Waals surface area contributed by atoms with E-state index in [1.807, 2.05) is 16.8 Å². The minimum absolute atomic E-state index is 0.258. The molecule has 2 aromatic rings. The Morgan fingerprint density at radius 2 is 2.08 bits per heavy atom. The van der Waals surface area contributed by atoms with Gasteiger partial charge in [-0.15, -0.1) is 0 Å². The van der Waals surface area contributed by atoms with Crippen LogP contribution < -0.4 is 10.2 Å². The third-order valence-electron chi connectivity index (χ3n) is 3.63. The molecule has 0 spiro atoms. The first kappa shape index (κ1) is 20.2. The summed E-state index contributed by atoms with van der Waals surface area (Å²) >= 11 is 7.59. The van der Waals surface area contributed by atoms with Gasteiger partial charge in [0.15, 0.2) is 0 Å². The van der Waals surface area contributed by atoms with Gasteiger partial charge in [0, 0.05) is 0 Å². The number of hydrogen-bond donors (Lipinski definition) is 3. The summed E-state index contributed by atoms with van der Waals surface area (Å²) in [7, 11) is -1.73. The lowest BCUT2D eigenvalue weighted by atomic mass is 9.76. The molecule has 0 aliphatic rings. The molecule has 6 nitrogen and oxygen atoms in total. The average molecular weight is 393 g/mol. The molecule has 0 radical (unpaired) electrons. The van der Waals surface area contributed by atoms with Gasteiger partial charge >= 0.3 is 7.12 Å². The van der Waals surface area contributed by atoms with Crippen LogP contribution in [0.25, 0.3) is 0 Å². The third-order valence-corrected chi connectivity index (χ3v) is 4.68. The summed E-state index contributed by atoms with van der Waals surface area (Å²) in [5, 5.41) is 25.7. The van der Waals surface area contributed by atoms with Gasteiger partial charge in [-0.1, -0.05) is 30.3 Å². The van der Waals surface area contributed by atoms with Gasteiger partial charge in [-0.2, -0.15) is 11.3 Å². The summed E-state index contributed by atoms with van der Waals surface area (Å²) in [5.41, 5.74) is 1.24. The number of carbonyl (C=O) groups is 2. The van der Waals surface area contributed by atoms with Crippen LogP contribution in [0.15, 0.2) is 53.7 Å². The maximum absolute atomic E-state index is 12.4. The zero-order valence-corrected chi connectivity index (χ0v) is 15.4. The van der Waals surface area contributed by atoms with Crippen molar-refractivity contribution in [2.45, 2.75) is 12.4 Å². The summed E-state index contributed by atoms with van der Waals surface area (Å²) in [6.07, 6.45) is 1.34. The van der Waals surface area contributed by atoms with Gasteiger partial charge in [0.2, 0.25) is 5.91 Å². The van der Waals surface area contributed by atoms with E-state index in [1.165, 1.54) is 16.2 Å². The lowest BCUT2D eigenvalue weighted by Crippen LogP contribution is -2.51. The minimum Gasteiger partial charge on any atom is -0.426 e. The number of para-hydroxylation sites is 1. The molecule has 0 fully saturated rings. The van der Waals surface area contributed by atoms with E-state index in [9.17, 15) is 19.6 Å². The van der Waals surface area contributed by atoms with Crippen LogP contribution in [0, 0.1) is 0 Å². The van der Waals surface area contributed by atoms with Crippen molar-refractivity contribution in [3.8, 4) is 0 Å². The largest absolute Gasteiger partial charge is 0.475 e. The summed E-state index contributed by atoms with van der Waals surface area (Å²) in [6.45, 7) is 3.11. The highest BCUT2D eigenvalue weighted by Crippen LogP contribution is 2.25. The first-order valence-corrected chi connectivity index (χ1v) is 9.09. The predicted octanol–water partition coefficient (Wildman–Crippen LogP) is 1.66. The summed E-state index contributed by atoms with van der Waals surface area (Å²) < 4.78 is 0. The van der Waals surface area contributed by atoms with Crippen LogP contribution in [0.1, 0.15) is 5.56 Å². The highest BCUT2D eigenvalue weighted by atomic mass is 35.5. The maximum atomic E-state index is 12.4. The number of rotatable bonds is 8. The summed E-state index contributed by atoms with van der Waals surface area (Å²) in [6, 6.07) is 8.46. The molecule has 2 rings (SSSR count). The molecule has 1 heterocycles. The number of anilines is 1. The van der Waals surface area contributed by atoms with Crippen LogP contribution >= 0.6 is 22.9 Å². The third kappa shape index (κ3) is 5.44. The Labute approximate surface area is 160 Å². The van der Waals surface area contributed by atoms with Gasteiger partial charge in [-0.3, -0.25) is 14.5 Å². The second-order valence-corrected chi connectivity index (χ2v) is 6.69. The SMILES string of the molecule is C=CC(=O)N(CC(=O)NC(Cc1ccsc1)B(O)O)c1ccccc1Cl. The van der Waals surface area contributed by atoms with Gasteiger partial charge in [-0.25, -0.2) is 0 Å². The van der Waals surface area contributed by atoms with E-state index in [1.54, 1.807) is 24.3 Å². The first-order valence-electron chi connectivity index (χ1n) is 7.77. The van der Waals surface area contributed by atoms with E-state index >= 15 is 0 Å². The lowest BCUT2D eigenvalue weighted by molar-refractivity contribution is -0.122. The van der Waals surface area contributed by atoms with E-state index in [-0.39, 0.29) is 13.0 Å². The number of nitrogens with one attached hydrogen (secondary N) is 1. The first-order chi connectivity index (χ1) is 12.4. The van der Waals surface area contributed by atoms with E-state index < -0.39 is 24.9 Å². The Kier molecular flexibility index (Phi) is 7.41. The fourth-order valence-electron chi connectivity index (χ4n) is 2.35. The molecule has 2 amide bonds. The molecule has 0 bridgehead atoms. The molecule has 0 aliphatic carbocycles. The van der Waals surface area contributed by atoms with Crippen LogP contribution in [0.4, 0.5) is 5.69 Å². The molecule has 3 N–H and O–H groups in total. The molecule has 9 heteroatoms. The van der Waals surface area contributed by atoms with Crippen LogP contribution in [0.3, 0.4) is 0 Å². The Bertz CT molecular complexity index is 770. The van der Waals surface area contributed by atoms with Crippen molar-refractivity contribution in [2.75, 3.05) is 11.4 Å². The van der Waals surface area contributed by atoms with Gasteiger partial charge in [0.1, 0.15) is 6.54 Å². The molecule has 1 unspecified atom stereocenters. The van der Waals surface area contributed by atoms with Crippen molar-refractivity contribution < 1.29 is 19.6 Å². The Morgan fingerprint density at radius 3 is 2.65 bits per heavy atom. The second kappa shape index (κ2) is 9.54. The number of benzene rings is 1. The number of thiophene rings is 1. The van der Waals surface area contributed by atoms with Gasteiger partial charge in [-0.05, 0) is 47.0 Å². The minimum atomic E-state index is -1.73. The summed E-state index contributed by atoms with van der Waals surface area (Å²) in [4.78, 5) is 25.7. The molecule has 0 saturated heterocycles. The van der Waals surface area contributed by atoms with Crippen molar-refractivity contribution in [3.05, 3.63) is 64.3 Å². The molecule has 136 valence electrons. The quantitative estimate of drug-likeness (QED) is 0.471. The van der Waals surface area contributed by atoms with Crippen LogP contribution in [0.2, 0.25) is 5.02 Å². The van der Waals surface area contributed by atoms with Gasteiger partial charge in [0.05, 0.1) is 16.7 Å². The van der Waals surface area contributed by atoms with E-state index in [4.69, 9.17) is 11.6 Å². The van der Waals surface area contributed by atoms with E-state index in [0.29, 0.717) is 10.7 Å². The highest BCUT2D eigenvalue weighted by molar-refractivity contribution is 7.07. The van der Waals surface area contributed by atoms with Gasteiger partial charge < -0.3 is 15.4 Å². The van der Waals surface area contributed by atoms with Crippen LogP contribution in [-0.2, 0) is 16.0 Å². The van der Waals surface area contributed by atoms with Crippen molar-refractivity contribution in [3.63, 3.8) is 0 Å². The number of hydrogen-bond acceptors (Lipinski definition) is 5. The van der Waals surface area contributed by atoms with E-state index in [2.05, 4.69) is 11.9 Å². The number of halogens is 1. The van der Waals surface area contributed by atoms with Crippen molar-refractivity contribution in [1.29, 1.82) is 0 Å². The lowest BCUT2D eigenvalue weighted by Gasteiger charge is -2.24. The standard InChI is InChI=1S/C17H18BClN2O4S/c1-2-17(23)21(14-6-4-3-5-13(14)19)10-16(22)20-15(18(24)25)9-12-7-8-26-11-12/h2-8,11,15,24-25H,1,9-10H2,(H,20,22). The van der Waals surface area contributed by atoms with Gasteiger partial charge in [0.25, 0.3) is 5.91 Å². The number of amides is 2. The predicted molar refractivity (Wildman–Crippen MR) is 104 cm³/mol. The fourth-order valence-corrected chi connectivity index (χ4v) is 3.27. The molecule has 0 aliphatic heterocycles. The molecule has 1 atom stereocenters. The Hall–Kier alpha value is -2.13. The molecule has 26 heavy (non-hydrogen) atoms. The maximum Gasteiger partial charge on any atom is 0.475 e. The molecule has 1 aromatic carbocycles. The highest BCUT2D eigenvalue weighted by Gasteiger charge is 2.27. The van der Waals surface area contributed by atoms with Crippen molar-refractivity contribution in [1.82, 2.24) is 5.32 Å². The van der Waals surface area contributed by atoms with Crippen LogP contribution in [-0.4, -0.2) is 41.5 Å². The van der Waals surface area contributed by atoms with Crippen LogP contribution in [0.5, 0.6) is 0 Å². The Morgan fingerprint density at radius 1 is 1.35 bits per heavy atom. The zero-order chi connectivity index (χ0) is 19.1. The van der Waals surface area contributed by atoms with Crippen molar-refractivity contribution in [2.24, 2.45) is 0 Å². The molecular formula is C17H18BClN2O4S. The topological polar surface area (TPSA) is 89.9 Å². The monoisotopic (exact) mass is 392 g/mol. The number of nitrogens with zero attached hydrogens (tertiary/aromatic N) is 1. The fraction of sp³-hybridized carbons (Fsp3) is 0.176. The molecular weight excluding hydrogens is 375 g/mol. The summed E-state index contributed by atoms with van der Waals surface area (Å²) in [5.74, 6) is -1.94. The van der Waals surface area contributed by atoms with Crippen molar-refractivity contribution >= 4 is 47.6 Å². The normalized spacial score (nSPS) is 11.5. The molecule has 0 saturated carbocycles. The number of carbonyl (C=O) groups excluding carboxylic acids is 2. The average Bonchev–Trinajstić information content (AvgIpc) is 3.12. The smallest absolute Gasteiger partial charge is 0.426 e. The second-order valence-electron chi connectivity index (χ2n) is 5.50.